The predicted octanol–water partition coefficient (Wildman–Crippen LogP) is 1.24. The van der Waals surface area contributed by atoms with Crippen molar-refractivity contribution in [2.45, 2.75) is 19.9 Å². The minimum Gasteiger partial charge on any atom is -0.497 e. The minimum absolute atomic E-state index is 0.0180. The second-order valence-electron chi connectivity index (χ2n) is 4.69. The first kappa shape index (κ1) is 15.5. The van der Waals surface area contributed by atoms with Gasteiger partial charge in [0.1, 0.15) is 5.75 Å². The molecule has 0 spiro atoms. The summed E-state index contributed by atoms with van der Waals surface area (Å²) in [6.45, 7) is 4.17. The number of methoxy groups -OCH3 is 1. The van der Waals surface area contributed by atoms with Crippen LogP contribution in [-0.2, 0) is 4.79 Å². The van der Waals surface area contributed by atoms with Gasteiger partial charge in [-0.3, -0.25) is 4.79 Å². The third kappa shape index (κ3) is 5.28. The molecule has 5 heteroatoms. The van der Waals surface area contributed by atoms with Crippen LogP contribution in [0.2, 0.25) is 0 Å². The molecule has 0 bridgehead atoms. The van der Waals surface area contributed by atoms with Crippen molar-refractivity contribution in [2.75, 3.05) is 25.6 Å². The average molecular weight is 266 g/mol. The van der Waals surface area contributed by atoms with Gasteiger partial charge in [0.2, 0.25) is 5.91 Å². The number of ether oxygens (including phenoxy) is 1. The third-order valence-electron chi connectivity index (χ3n) is 2.88. The molecular formula is C14H22N2O3. The predicted molar refractivity (Wildman–Crippen MR) is 75.3 cm³/mol. The van der Waals surface area contributed by atoms with E-state index in [9.17, 15) is 4.79 Å². The molecule has 3 N–H and O–H groups in total. The lowest BCUT2D eigenvalue weighted by atomic mass is 10.1. The van der Waals surface area contributed by atoms with Gasteiger partial charge in [0.25, 0.3) is 0 Å². The Kier molecular flexibility index (Phi) is 6.32. The fraction of sp³-hybridized carbons (Fsp3) is 0.500. The maximum absolute atomic E-state index is 11.8. The van der Waals surface area contributed by atoms with Gasteiger partial charge < -0.3 is 20.5 Å². The van der Waals surface area contributed by atoms with Crippen molar-refractivity contribution in [3.05, 3.63) is 24.3 Å². The molecule has 0 radical (unpaired) electrons. The van der Waals surface area contributed by atoms with Gasteiger partial charge in [0.05, 0.1) is 20.3 Å². The van der Waals surface area contributed by atoms with Crippen LogP contribution in [0.25, 0.3) is 0 Å². The largest absolute Gasteiger partial charge is 0.497 e. The summed E-state index contributed by atoms with van der Waals surface area (Å²) in [5, 5.41) is 15.0. The molecule has 0 saturated carbocycles. The van der Waals surface area contributed by atoms with Crippen LogP contribution in [-0.4, -0.2) is 37.3 Å². The highest BCUT2D eigenvalue weighted by molar-refractivity contribution is 5.92. The number of benzene rings is 1. The van der Waals surface area contributed by atoms with Crippen molar-refractivity contribution < 1.29 is 14.6 Å². The first-order chi connectivity index (χ1) is 9.06. The number of carbonyl (C=O) groups is 1. The molecule has 106 valence electrons. The maximum Gasteiger partial charge on any atom is 0.238 e. The Morgan fingerprint density at radius 1 is 1.42 bits per heavy atom. The van der Waals surface area contributed by atoms with Crippen molar-refractivity contribution in [3.8, 4) is 5.75 Å². The number of anilines is 1. The van der Waals surface area contributed by atoms with Crippen molar-refractivity contribution in [2.24, 2.45) is 5.92 Å². The van der Waals surface area contributed by atoms with Crippen molar-refractivity contribution in [1.82, 2.24) is 5.32 Å². The summed E-state index contributed by atoms with van der Waals surface area (Å²) in [7, 11) is 1.58. The number of amides is 1. The van der Waals surface area contributed by atoms with Crippen LogP contribution in [0.4, 0.5) is 5.69 Å². The SMILES string of the molecule is COc1cccc(NC(=O)CN[C@H](CO)C(C)C)c1. The van der Waals surface area contributed by atoms with E-state index < -0.39 is 0 Å². The Morgan fingerprint density at radius 2 is 2.16 bits per heavy atom. The number of hydrogen-bond donors (Lipinski definition) is 3. The second-order valence-corrected chi connectivity index (χ2v) is 4.69. The highest BCUT2D eigenvalue weighted by Crippen LogP contribution is 2.16. The van der Waals surface area contributed by atoms with Gasteiger partial charge in [-0.05, 0) is 18.1 Å². The van der Waals surface area contributed by atoms with Crippen LogP contribution in [0.15, 0.2) is 24.3 Å². The molecule has 0 aliphatic heterocycles. The van der Waals surface area contributed by atoms with Crippen LogP contribution in [0.5, 0.6) is 5.75 Å². The molecule has 0 fully saturated rings. The number of nitrogens with one attached hydrogen (secondary N) is 2. The monoisotopic (exact) mass is 266 g/mol. The highest BCUT2D eigenvalue weighted by atomic mass is 16.5. The van der Waals surface area contributed by atoms with Crippen LogP contribution in [0.3, 0.4) is 0 Å². The van der Waals surface area contributed by atoms with Crippen molar-refractivity contribution in [1.29, 1.82) is 0 Å². The zero-order valence-electron chi connectivity index (χ0n) is 11.6. The summed E-state index contributed by atoms with van der Waals surface area (Å²) in [6.07, 6.45) is 0. The second kappa shape index (κ2) is 7.76. The average Bonchev–Trinajstić information content (AvgIpc) is 2.39. The summed E-state index contributed by atoms with van der Waals surface area (Å²) >= 11 is 0. The highest BCUT2D eigenvalue weighted by Gasteiger charge is 2.13. The molecule has 1 amide bonds. The zero-order valence-corrected chi connectivity index (χ0v) is 11.6. The molecule has 1 rings (SSSR count). The van der Waals surface area contributed by atoms with Gasteiger partial charge in [0.15, 0.2) is 0 Å². The molecule has 0 saturated heterocycles. The van der Waals surface area contributed by atoms with Gasteiger partial charge in [-0.1, -0.05) is 19.9 Å². The van der Waals surface area contributed by atoms with E-state index in [1.807, 2.05) is 26.0 Å². The molecule has 1 aromatic carbocycles. The number of aliphatic hydroxyl groups is 1. The Balaban J connectivity index is 2.46. The Hall–Kier alpha value is -1.59. The lowest BCUT2D eigenvalue weighted by Crippen LogP contribution is -2.41. The first-order valence-corrected chi connectivity index (χ1v) is 6.35. The van der Waals surface area contributed by atoms with E-state index in [-0.39, 0.29) is 31.0 Å². The summed E-state index contributed by atoms with van der Waals surface area (Å²) in [5.74, 6) is 0.822. The quantitative estimate of drug-likeness (QED) is 0.694. The van der Waals surface area contributed by atoms with Crippen LogP contribution in [0.1, 0.15) is 13.8 Å². The number of hydrogen-bond acceptors (Lipinski definition) is 4. The molecule has 0 heterocycles. The Labute approximate surface area is 114 Å². The maximum atomic E-state index is 11.8. The van der Waals surface area contributed by atoms with Gasteiger partial charge in [-0.25, -0.2) is 0 Å². The summed E-state index contributed by atoms with van der Waals surface area (Å²) in [5.41, 5.74) is 0.691. The van der Waals surface area contributed by atoms with Gasteiger partial charge >= 0.3 is 0 Å². The Morgan fingerprint density at radius 3 is 2.74 bits per heavy atom. The fourth-order valence-electron chi connectivity index (χ4n) is 1.64. The molecule has 0 aliphatic carbocycles. The van der Waals surface area contributed by atoms with Crippen LogP contribution in [0, 0.1) is 5.92 Å². The first-order valence-electron chi connectivity index (χ1n) is 6.35. The van der Waals surface area contributed by atoms with E-state index in [2.05, 4.69) is 10.6 Å². The van der Waals surface area contributed by atoms with Crippen molar-refractivity contribution >= 4 is 11.6 Å². The topological polar surface area (TPSA) is 70.6 Å². The van der Waals surface area contributed by atoms with Gasteiger partial charge in [0, 0.05) is 17.8 Å². The van der Waals surface area contributed by atoms with E-state index in [1.165, 1.54) is 0 Å². The van der Waals surface area contributed by atoms with E-state index in [4.69, 9.17) is 9.84 Å². The summed E-state index contributed by atoms with van der Waals surface area (Å²) in [6, 6.07) is 7.10. The smallest absolute Gasteiger partial charge is 0.238 e. The van der Waals surface area contributed by atoms with Gasteiger partial charge in [-0.15, -0.1) is 0 Å². The van der Waals surface area contributed by atoms with Crippen LogP contribution < -0.4 is 15.4 Å². The lowest BCUT2D eigenvalue weighted by Gasteiger charge is -2.19. The molecule has 1 aromatic rings. The molecule has 5 nitrogen and oxygen atoms in total. The lowest BCUT2D eigenvalue weighted by molar-refractivity contribution is -0.115. The Bertz CT molecular complexity index is 407. The van der Waals surface area contributed by atoms with Crippen molar-refractivity contribution in [3.63, 3.8) is 0 Å². The molecule has 19 heavy (non-hydrogen) atoms. The third-order valence-corrected chi connectivity index (χ3v) is 2.88. The molecule has 1 atom stereocenters. The molecule has 0 unspecified atom stereocenters. The molecular weight excluding hydrogens is 244 g/mol. The normalized spacial score (nSPS) is 12.3. The number of rotatable bonds is 7. The van der Waals surface area contributed by atoms with E-state index in [1.54, 1.807) is 19.2 Å². The number of carbonyl (C=O) groups excluding carboxylic acids is 1. The van der Waals surface area contributed by atoms with Crippen LogP contribution >= 0.6 is 0 Å². The standard InChI is InChI=1S/C14H22N2O3/c1-10(2)13(9-17)15-8-14(18)16-11-5-4-6-12(7-11)19-3/h4-7,10,13,15,17H,8-9H2,1-3H3,(H,16,18)/t13-/m1/s1. The molecule has 0 aliphatic rings. The summed E-state index contributed by atoms with van der Waals surface area (Å²) in [4.78, 5) is 11.8. The summed E-state index contributed by atoms with van der Waals surface area (Å²) < 4.78 is 5.08. The minimum atomic E-state index is -0.146. The fourth-order valence-corrected chi connectivity index (χ4v) is 1.64. The zero-order chi connectivity index (χ0) is 14.3. The van der Waals surface area contributed by atoms with E-state index in [0.29, 0.717) is 11.4 Å². The van der Waals surface area contributed by atoms with E-state index >= 15 is 0 Å². The van der Waals surface area contributed by atoms with E-state index in [0.717, 1.165) is 0 Å². The number of aliphatic hydroxyl groups excluding tert-OH is 1. The molecule has 0 aromatic heterocycles. The van der Waals surface area contributed by atoms with Gasteiger partial charge in [-0.2, -0.15) is 0 Å².